The molecule has 1 heterocycles. The highest BCUT2D eigenvalue weighted by Gasteiger charge is 2.40. The number of nitrogens with one attached hydrogen (secondary N) is 1. The van der Waals surface area contributed by atoms with Crippen molar-refractivity contribution in [3.05, 3.63) is 0 Å². The fraction of sp³-hybridized carbons (Fsp3) is 0.933. The molecular formula is C15H32IN3O3S. The lowest BCUT2D eigenvalue weighted by molar-refractivity contribution is 0.127. The molecule has 0 saturated carbocycles. The molecule has 0 spiro atoms. The van der Waals surface area contributed by atoms with Crippen molar-refractivity contribution in [3.63, 3.8) is 0 Å². The molecule has 138 valence electrons. The third-order valence-corrected chi connectivity index (χ3v) is 6.46. The topological polar surface area (TPSA) is 71.0 Å². The van der Waals surface area contributed by atoms with Gasteiger partial charge in [-0.1, -0.05) is 13.8 Å². The van der Waals surface area contributed by atoms with Crippen LogP contribution in [0.2, 0.25) is 0 Å². The molecule has 1 aliphatic rings. The van der Waals surface area contributed by atoms with Gasteiger partial charge >= 0.3 is 0 Å². The van der Waals surface area contributed by atoms with E-state index in [1.807, 2.05) is 4.90 Å². The number of hydrogen-bond donors (Lipinski definition) is 1. The molecule has 0 unspecified atom stereocenters. The summed E-state index contributed by atoms with van der Waals surface area (Å²) in [5.74, 6) is 1.57. The van der Waals surface area contributed by atoms with Crippen molar-refractivity contribution < 1.29 is 13.2 Å². The first-order valence-corrected chi connectivity index (χ1v) is 9.60. The molecule has 1 fully saturated rings. The van der Waals surface area contributed by atoms with Gasteiger partial charge in [-0.25, -0.2) is 8.42 Å². The van der Waals surface area contributed by atoms with Crippen LogP contribution in [0.25, 0.3) is 0 Å². The predicted molar refractivity (Wildman–Crippen MR) is 106 cm³/mol. The lowest BCUT2D eigenvalue weighted by Crippen LogP contribution is -2.57. The van der Waals surface area contributed by atoms with E-state index >= 15 is 0 Å². The third-order valence-electron chi connectivity index (χ3n) is 3.92. The number of rotatable bonds is 6. The zero-order valence-corrected chi connectivity index (χ0v) is 18.1. The molecule has 0 radical (unpaired) electrons. The summed E-state index contributed by atoms with van der Waals surface area (Å²) >= 11 is 0. The molecule has 0 aromatic heterocycles. The number of ether oxygens (including phenoxy) is 1. The van der Waals surface area contributed by atoms with Crippen LogP contribution < -0.4 is 5.32 Å². The Morgan fingerprint density at radius 1 is 1.35 bits per heavy atom. The van der Waals surface area contributed by atoms with Crippen molar-refractivity contribution in [2.75, 3.05) is 45.6 Å². The Bertz CT molecular complexity index is 478. The van der Waals surface area contributed by atoms with E-state index in [-0.39, 0.29) is 29.7 Å². The number of halogens is 1. The van der Waals surface area contributed by atoms with E-state index in [0.717, 1.165) is 19.0 Å². The maximum absolute atomic E-state index is 12.0. The zero-order chi connectivity index (χ0) is 16.8. The number of nitrogens with zero attached hydrogens (tertiary/aromatic N) is 2. The highest BCUT2D eigenvalue weighted by molar-refractivity contribution is 14.0. The molecule has 0 amide bonds. The minimum atomic E-state index is -3.03. The largest absolute Gasteiger partial charge is 0.380 e. The van der Waals surface area contributed by atoms with Crippen LogP contribution in [-0.2, 0) is 14.6 Å². The van der Waals surface area contributed by atoms with Gasteiger partial charge in [0.15, 0.2) is 15.8 Å². The van der Waals surface area contributed by atoms with Crippen molar-refractivity contribution in [3.8, 4) is 0 Å². The molecule has 1 N–H and O–H groups in total. The van der Waals surface area contributed by atoms with Crippen LogP contribution in [0.5, 0.6) is 0 Å². The van der Waals surface area contributed by atoms with Gasteiger partial charge in [0.2, 0.25) is 0 Å². The first-order valence-electron chi connectivity index (χ1n) is 7.95. The van der Waals surface area contributed by atoms with Crippen LogP contribution in [0.3, 0.4) is 0 Å². The Kier molecular flexibility index (Phi) is 9.99. The van der Waals surface area contributed by atoms with Crippen LogP contribution in [0.1, 0.15) is 34.1 Å². The molecule has 0 aromatic rings. The van der Waals surface area contributed by atoms with Gasteiger partial charge in [-0.05, 0) is 26.2 Å². The highest BCUT2D eigenvalue weighted by atomic mass is 127. The van der Waals surface area contributed by atoms with Gasteiger partial charge in [0, 0.05) is 33.3 Å². The Morgan fingerprint density at radius 2 is 2.00 bits per heavy atom. The van der Waals surface area contributed by atoms with Crippen molar-refractivity contribution >= 4 is 39.8 Å². The zero-order valence-electron chi connectivity index (χ0n) is 15.0. The van der Waals surface area contributed by atoms with Gasteiger partial charge < -0.3 is 15.0 Å². The molecule has 0 aromatic carbocycles. The van der Waals surface area contributed by atoms with E-state index in [9.17, 15) is 8.42 Å². The van der Waals surface area contributed by atoms with Gasteiger partial charge in [0.1, 0.15) is 0 Å². The van der Waals surface area contributed by atoms with E-state index < -0.39 is 14.6 Å². The van der Waals surface area contributed by atoms with Crippen molar-refractivity contribution in [1.29, 1.82) is 0 Å². The molecule has 23 heavy (non-hydrogen) atoms. The molecule has 1 saturated heterocycles. The predicted octanol–water partition coefficient (Wildman–Crippen LogP) is 1.75. The Morgan fingerprint density at radius 3 is 2.52 bits per heavy atom. The SMILES string of the molecule is CN=C(NCCOCCC(C)C)N1CCS(=O)(=O)C(C)(C)C1.I. The van der Waals surface area contributed by atoms with Crippen LogP contribution in [-0.4, -0.2) is 69.7 Å². The quantitative estimate of drug-likeness (QED) is 0.283. The monoisotopic (exact) mass is 461 g/mol. The number of guanidine groups is 1. The van der Waals surface area contributed by atoms with Gasteiger partial charge in [0.25, 0.3) is 0 Å². The fourth-order valence-corrected chi connectivity index (χ4v) is 3.68. The smallest absolute Gasteiger partial charge is 0.193 e. The van der Waals surface area contributed by atoms with Crippen LogP contribution in [0, 0.1) is 5.92 Å². The lowest BCUT2D eigenvalue weighted by atomic mass is 10.1. The minimum Gasteiger partial charge on any atom is -0.380 e. The highest BCUT2D eigenvalue weighted by Crippen LogP contribution is 2.23. The van der Waals surface area contributed by atoms with E-state index in [1.165, 1.54) is 0 Å². The molecule has 0 bridgehead atoms. The number of aliphatic imine (C=N–C) groups is 1. The van der Waals surface area contributed by atoms with Crippen LogP contribution >= 0.6 is 24.0 Å². The molecule has 0 aliphatic carbocycles. The normalized spacial score (nSPS) is 20.3. The van der Waals surface area contributed by atoms with Gasteiger partial charge in [-0.3, -0.25) is 4.99 Å². The maximum Gasteiger partial charge on any atom is 0.193 e. The number of sulfone groups is 1. The first kappa shape index (κ1) is 22.9. The summed E-state index contributed by atoms with van der Waals surface area (Å²) in [5.41, 5.74) is 0. The molecule has 8 heteroatoms. The average Bonchev–Trinajstić information content (AvgIpc) is 2.41. The lowest BCUT2D eigenvalue weighted by Gasteiger charge is -2.39. The van der Waals surface area contributed by atoms with Gasteiger partial charge in [-0.15, -0.1) is 24.0 Å². The Labute approximate surface area is 158 Å². The van der Waals surface area contributed by atoms with E-state index in [0.29, 0.717) is 32.2 Å². The van der Waals surface area contributed by atoms with Gasteiger partial charge in [0.05, 0.1) is 17.1 Å². The first-order chi connectivity index (χ1) is 10.2. The summed E-state index contributed by atoms with van der Waals surface area (Å²) in [6, 6.07) is 0. The van der Waals surface area contributed by atoms with Crippen molar-refractivity contribution in [1.82, 2.24) is 10.2 Å². The van der Waals surface area contributed by atoms with E-state index in [4.69, 9.17) is 4.74 Å². The molecule has 6 nitrogen and oxygen atoms in total. The Balaban J connectivity index is 0.00000484. The molecule has 0 atom stereocenters. The summed E-state index contributed by atoms with van der Waals surface area (Å²) in [4.78, 5) is 6.26. The number of hydrogen-bond acceptors (Lipinski definition) is 4. The van der Waals surface area contributed by atoms with Gasteiger partial charge in [-0.2, -0.15) is 0 Å². The summed E-state index contributed by atoms with van der Waals surface area (Å²) in [6.07, 6.45) is 1.06. The second-order valence-corrected chi connectivity index (χ2v) is 9.51. The van der Waals surface area contributed by atoms with E-state index in [2.05, 4.69) is 24.2 Å². The summed E-state index contributed by atoms with van der Waals surface area (Å²) in [7, 11) is -1.31. The third kappa shape index (κ3) is 7.13. The maximum atomic E-state index is 12.0. The minimum absolute atomic E-state index is 0. The van der Waals surface area contributed by atoms with Crippen molar-refractivity contribution in [2.45, 2.75) is 38.9 Å². The summed E-state index contributed by atoms with van der Waals surface area (Å²) in [6.45, 7) is 10.9. The fourth-order valence-electron chi connectivity index (χ4n) is 2.31. The Hall–Kier alpha value is -0.0900. The molecule has 1 aliphatic heterocycles. The molecular weight excluding hydrogens is 429 g/mol. The summed E-state index contributed by atoms with van der Waals surface area (Å²) in [5, 5.41) is 3.25. The standard InChI is InChI=1S/C15H31N3O3S.HI/c1-13(2)6-9-21-10-7-17-14(16-5)18-8-11-22(19,20)15(3,4)12-18;/h13H,6-12H2,1-5H3,(H,16,17);1H. The second kappa shape index (κ2) is 10.0. The molecule has 1 rings (SSSR count). The summed E-state index contributed by atoms with van der Waals surface area (Å²) < 4.78 is 28.9. The van der Waals surface area contributed by atoms with Crippen molar-refractivity contribution in [2.24, 2.45) is 10.9 Å². The van der Waals surface area contributed by atoms with Crippen LogP contribution in [0.15, 0.2) is 4.99 Å². The van der Waals surface area contributed by atoms with E-state index in [1.54, 1.807) is 20.9 Å². The average molecular weight is 461 g/mol. The van der Waals surface area contributed by atoms with Crippen LogP contribution in [0.4, 0.5) is 0 Å². The second-order valence-electron chi connectivity index (χ2n) is 6.77.